The van der Waals surface area contributed by atoms with Gasteiger partial charge in [0.2, 0.25) is 0 Å². The van der Waals surface area contributed by atoms with E-state index in [0.29, 0.717) is 0 Å². The Morgan fingerprint density at radius 1 is 1.03 bits per heavy atom. The fourth-order valence-electron chi connectivity index (χ4n) is 3.74. The Balaban J connectivity index is 1.72. The Bertz CT molecular complexity index is 1160. The number of fused-ring (bicyclic) bond motifs is 1. The van der Waals surface area contributed by atoms with Crippen molar-refractivity contribution in [3.63, 3.8) is 0 Å². The molecular formula is C25H31N5S. The van der Waals surface area contributed by atoms with E-state index in [-0.39, 0.29) is 6.04 Å². The van der Waals surface area contributed by atoms with Crippen molar-refractivity contribution in [1.82, 2.24) is 25.3 Å². The largest absolute Gasteiger partial charge is 0.316 e. The lowest BCUT2D eigenvalue weighted by molar-refractivity contribution is 0.569. The quantitative estimate of drug-likeness (QED) is 0.367. The van der Waals surface area contributed by atoms with Gasteiger partial charge in [0.05, 0.1) is 15.9 Å². The highest BCUT2D eigenvalue weighted by atomic mass is 32.1. The van der Waals surface area contributed by atoms with Gasteiger partial charge in [-0.05, 0) is 67.6 Å². The zero-order valence-electron chi connectivity index (χ0n) is 18.9. The number of aromatic nitrogens is 4. The molecule has 4 rings (SSSR count). The molecule has 0 saturated carbocycles. The highest BCUT2D eigenvalue weighted by Crippen LogP contribution is 2.34. The van der Waals surface area contributed by atoms with Crippen molar-refractivity contribution < 1.29 is 0 Å². The van der Waals surface area contributed by atoms with Crippen LogP contribution in [0.2, 0.25) is 0 Å². The lowest BCUT2D eigenvalue weighted by Crippen LogP contribution is -2.18. The molecule has 0 bridgehead atoms. The average molecular weight is 434 g/mol. The summed E-state index contributed by atoms with van der Waals surface area (Å²) < 4.78 is 3.21. The van der Waals surface area contributed by atoms with Crippen molar-refractivity contribution in [2.24, 2.45) is 0 Å². The molecule has 0 saturated heterocycles. The molecule has 2 aromatic carbocycles. The summed E-state index contributed by atoms with van der Waals surface area (Å²) in [6.45, 7) is 10.6. The number of thiazole rings is 1. The van der Waals surface area contributed by atoms with Crippen LogP contribution in [0.4, 0.5) is 0 Å². The molecule has 0 aliphatic rings. The Labute approximate surface area is 188 Å². The molecule has 0 radical (unpaired) electrons. The van der Waals surface area contributed by atoms with E-state index >= 15 is 0 Å². The highest BCUT2D eigenvalue weighted by molar-refractivity contribution is 7.18. The first-order chi connectivity index (χ1) is 15.1. The fourth-order valence-corrected chi connectivity index (χ4v) is 4.89. The number of nitrogens with zero attached hydrogens (tertiary/aromatic N) is 4. The Morgan fingerprint density at radius 2 is 1.90 bits per heavy atom. The number of rotatable bonds is 9. The van der Waals surface area contributed by atoms with E-state index in [1.807, 2.05) is 4.68 Å². The smallest absolute Gasteiger partial charge is 0.130 e. The maximum absolute atomic E-state index is 5.01. The first kappa shape index (κ1) is 21.7. The Hall–Kier alpha value is -2.57. The SMILES string of the molecule is CCCNCCc1cn(C(c2ccc(C)c(C)c2)c2nc3ccc(CC)cc3s2)nn1. The second-order valence-corrected chi connectivity index (χ2v) is 9.21. The minimum Gasteiger partial charge on any atom is -0.316 e. The molecule has 6 heteroatoms. The number of hydrogen-bond donors (Lipinski definition) is 1. The van der Waals surface area contributed by atoms with Gasteiger partial charge in [0.1, 0.15) is 11.0 Å². The van der Waals surface area contributed by atoms with E-state index in [9.17, 15) is 0 Å². The van der Waals surface area contributed by atoms with Gasteiger partial charge >= 0.3 is 0 Å². The third kappa shape index (κ3) is 4.86. The van der Waals surface area contributed by atoms with Gasteiger partial charge < -0.3 is 5.32 Å². The van der Waals surface area contributed by atoms with E-state index < -0.39 is 0 Å². The van der Waals surface area contributed by atoms with Crippen molar-refractivity contribution in [3.8, 4) is 0 Å². The van der Waals surface area contributed by atoms with E-state index in [1.54, 1.807) is 11.3 Å². The van der Waals surface area contributed by atoms with Crippen LogP contribution >= 0.6 is 11.3 Å². The predicted molar refractivity (Wildman–Crippen MR) is 129 cm³/mol. The van der Waals surface area contributed by atoms with Crippen molar-refractivity contribution in [2.75, 3.05) is 13.1 Å². The Morgan fingerprint density at radius 3 is 2.68 bits per heavy atom. The van der Waals surface area contributed by atoms with E-state index in [0.717, 1.165) is 48.6 Å². The minimum absolute atomic E-state index is 0.0772. The molecule has 1 N–H and O–H groups in total. The molecule has 0 fully saturated rings. The molecule has 162 valence electrons. The molecule has 2 heterocycles. The van der Waals surface area contributed by atoms with Crippen LogP contribution in [0.5, 0.6) is 0 Å². The zero-order chi connectivity index (χ0) is 21.8. The van der Waals surface area contributed by atoms with Crippen LogP contribution in [-0.4, -0.2) is 33.1 Å². The summed E-state index contributed by atoms with van der Waals surface area (Å²) in [5, 5.41) is 13.5. The van der Waals surface area contributed by atoms with Gasteiger partial charge in [0, 0.05) is 19.2 Å². The van der Waals surface area contributed by atoms with Crippen LogP contribution < -0.4 is 5.32 Å². The topological polar surface area (TPSA) is 55.6 Å². The van der Waals surface area contributed by atoms with Crippen LogP contribution in [0.25, 0.3) is 10.2 Å². The first-order valence-corrected chi connectivity index (χ1v) is 12.0. The maximum atomic E-state index is 5.01. The molecule has 31 heavy (non-hydrogen) atoms. The summed E-state index contributed by atoms with van der Waals surface area (Å²) >= 11 is 1.76. The lowest BCUT2D eigenvalue weighted by atomic mass is 10.0. The highest BCUT2D eigenvalue weighted by Gasteiger charge is 2.23. The first-order valence-electron chi connectivity index (χ1n) is 11.2. The van der Waals surface area contributed by atoms with E-state index in [1.165, 1.54) is 27.0 Å². The molecule has 0 amide bonds. The summed E-state index contributed by atoms with van der Waals surface area (Å²) in [5.41, 5.74) is 7.16. The second-order valence-electron chi connectivity index (χ2n) is 8.14. The summed E-state index contributed by atoms with van der Waals surface area (Å²) in [6.07, 6.45) is 5.12. The van der Waals surface area contributed by atoms with Crippen LogP contribution in [0.3, 0.4) is 0 Å². The normalized spacial score (nSPS) is 12.5. The van der Waals surface area contributed by atoms with Gasteiger partial charge in [-0.15, -0.1) is 16.4 Å². The number of benzene rings is 2. The van der Waals surface area contributed by atoms with Gasteiger partial charge in [-0.25, -0.2) is 9.67 Å². The number of nitrogens with one attached hydrogen (secondary N) is 1. The second kappa shape index (κ2) is 9.71. The Kier molecular flexibility index (Phi) is 6.78. The predicted octanol–water partition coefficient (Wildman–Crippen LogP) is 5.25. The monoisotopic (exact) mass is 433 g/mol. The van der Waals surface area contributed by atoms with Gasteiger partial charge in [-0.3, -0.25) is 0 Å². The van der Waals surface area contributed by atoms with Crippen LogP contribution in [-0.2, 0) is 12.8 Å². The molecule has 0 aliphatic carbocycles. The number of aryl methyl sites for hydroxylation is 3. The van der Waals surface area contributed by atoms with Gasteiger partial charge in [0.25, 0.3) is 0 Å². The van der Waals surface area contributed by atoms with Crippen molar-refractivity contribution in [1.29, 1.82) is 0 Å². The molecule has 5 nitrogen and oxygen atoms in total. The number of hydrogen-bond acceptors (Lipinski definition) is 5. The van der Waals surface area contributed by atoms with Crippen molar-refractivity contribution in [2.45, 2.75) is 53.0 Å². The third-order valence-corrected chi connectivity index (χ3v) is 6.84. The van der Waals surface area contributed by atoms with Crippen LogP contribution in [0, 0.1) is 13.8 Å². The minimum atomic E-state index is -0.0772. The summed E-state index contributed by atoms with van der Waals surface area (Å²) in [7, 11) is 0. The average Bonchev–Trinajstić information content (AvgIpc) is 3.40. The maximum Gasteiger partial charge on any atom is 0.130 e. The summed E-state index contributed by atoms with van der Waals surface area (Å²) in [4.78, 5) is 5.01. The van der Waals surface area contributed by atoms with Crippen molar-refractivity contribution in [3.05, 3.63) is 75.6 Å². The standard InChI is InChI=1S/C25H31N5S/c1-5-12-26-13-11-21-16-30(29-28-21)24(20-9-7-17(3)18(4)14-20)25-27-22-10-8-19(6-2)15-23(22)31-25/h7-10,14-16,24,26H,5-6,11-13H2,1-4H3. The third-order valence-electron chi connectivity index (χ3n) is 5.77. The molecule has 1 atom stereocenters. The molecule has 1 unspecified atom stereocenters. The molecule has 0 spiro atoms. The van der Waals surface area contributed by atoms with E-state index in [4.69, 9.17) is 4.98 Å². The van der Waals surface area contributed by atoms with Gasteiger partial charge in [-0.2, -0.15) is 0 Å². The molecular weight excluding hydrogens is 402 g/mol. The summed E-state index contributed by atoms with van der Waals surface area (Å²) in [6, 6.07) is 13.1. The molecule has 0 aliphatic heterocycles. The van der Waals surface area contributed by atoms with Gasteiger partial charge in [-0.1, -0.05) is 43.3 Å². The lowest BCUT2D eigenvalue weighted by Gasteiger charge is -2.16. The molecule has 4 aromatic rings. The van der Waals surface area contributed by atoms with Crippen LogP contribution in [0.15, 0.2) is 42.6 Å². The summed E-state index contributed by atoms with van der Waals surface area (Å²) in [5.74, 6) is 0. The zero-order valence-corrected chi connectivity index (χ0v) is 19.7. The fraction of sp³-hybridized carbons (Fsp3) is 0.400. The molecule has 2 aromatic heterocycles. The van der Waals surface area contributed by atoms with E-state index in [2.05, 4.69) is 85.9 Å². The van der Waals surface area contributed by atoms with Gasteiger partial charge in [0.15, 0.2) is 0 Å². The van der Waals surface area contributed by atoms with Crippen LogP contribution in [0.1, 0.15) is 59.3 Å². The van der Waals surface area contributed by atoms with Crippen molar-refractivity contribution >= 4 is 21.6 Å².